The fourth-order valence-corrected chi connectivity index (χ4v) is 2.43. The Morgan fingerprint density at radius 3 is 2.87 bits per heavy atom. The van der Waals surface area contributed by atoms with Crippen molar-refractivity contribution in [2.24, 2.45) is 0 Å². The maximum Gasteiger partial charge on any atom is 0.0794 e. The van der Waals surface area contributed by atoms with Crippen LogP contribution in [0.25, 0.3) is 0 Å². The molecule has 0 aliphatic heterocycles. The van der Waals surface area contributed by atoms with Gasteiger partial charge < -0.3 is 5.32 Å². The Morgan fingerprint density at radius 2 is 2.27 bits per heavy atom. The van der Waals surface area contributed by atoms with E-state index in [4.69, 9.17) is 0 Å². The van der Waals surface area contributed by atoms with Crippen LogP contribution in [-0.2, 0) is 6.42 Å². The van der Waals surface area contributed by atoms with Crippen molar-refractivity contribution >= 4 is 11.3 Å². The maximum absolute atomic E-state index is 4.11. The number of likely N-dealkylation sites (N-methyl/N-ethyl adjacent to an activating group) is 1. The molecule has 1 rings (SSSR count). The highest BCUT2D eigenvalue weighted by molar-refractivity contribution is 7.09. The van der Waals surface area contributed by atoms with E-state index < -0.39 is 0 Å². The quantitative estimate of drug-likeness (QED) is 0.688. The average Bonchev–Trinajstić information content (AvgIpc) is 2.75. The molecule has 0 aliphatic carbocycles. The van der Waals surface area contributed by atoms with Gasteiger partial charge >= 0.3 is 0 Å². The number of unbranched alkanes of at least 4 members (excludes halogenated alkanes) is 3. The second-order valence-corrected chi connectivity index (χ2v) is 4.98. The van der Waals surface area contributed by atoms with Gasteiger partial charge in [0.15, 0.2) is 0 Å². The molecule has 0 saturated carbocycles. The molecule has 86 valence electrons. The highest BCUT2D eigenvalue weighted by Gasteiger charge is 2.07. The van der Waals surface area contributed by atoms with E-state index in [9.17, 15) is 0 Å². The van der Waals surface area contributed by atoms with Crippen molar-refractivity contribution in [1.82, 2.24) is 10.3 Å². The molecule has 0 radical (unpaired) electrons. The molecular weight excluding hydrogens is 204 g/mol. The molecule has 0 aromatic carbocycles. The molecule has 0 amide bonds. The Bertz CT molecular complexity index is 234. The number of nitrogens with zero attached hydrogens (tertiary/aromatic N) is 1. The van der Waals surface area contributed by atoms with Crippen LogP contribution in [0.4, 0.5) is 0 Å². The van der Waals surface area contributed by atoms with Crippen LogP contribution in [-0.4, -0.2) is 18.1 Å². The van der Waals surface area contributed by atoms with Gasteiger partial charge in [0, 0.05) is 17.1 Å². The summed E-state index contributed by atoms with van der Waals surface area (Å²) in [5.74, 6) is 0. The van der Waals surface area contributed by atoms with Gasteiger partial charge in [-0.2, -0.15) is 0 Å². The van der Waals surface area contributed by atoms with E-state index in [1.54, 1.807) is 11.3 Å². The molecule has 3 heteroatoms. The highest BCUT2D eigenvalue weighted by Crippen LogP contribution is 2.13. The van der Waals surface area contributed by atoms with Crippen LogP contribution in [0.5, 0.6) is 0 Å². The van der Waals surface area contributed by atoms with E-state index in [1.807, 2.05) is 11.7 Å². The van der Waals surface area contributed by atoms with Gasteiger partial charge in [-0.05, 0) is 19.9 Å². The van der Waals surface area contributed by atoms with Crippen molar-refractivity contribution in [3.05, 3.63) is 16.6 Å². The maximum atomic E-state index is 4.11. The fourth-order valence-electron chi connectivity index (χ4n) is 1.75. The standard InChI is InChI=1S/C12H22N2S/c1-3-4-5-6-7-11(13-2)8-12-9-14-10-15-12/h9-11,13H,3-8H2,1-2H3. The van der Waals surface area contributed by atoms with E-state index in [2.05, 4.69) is 24.3 Å². The summed E-state index contributed by atoms with van der Waals surface area (Å²) >= 11 is 1.76. The summed E-state index contributed by atoms with van der Waals surface area (Å²) in [6.45, 7) is 2.26. The molecule has 0 aliphatic rings. The summed E-state index contributed by atoms with van der Waals surface area (Å²) in [7, 11) is 2.06. The van der Waals surface area contributed by atoms with E-state index in [1.165, 1.54) is 37.0 Å². The van der Waals surface area contributed by atoms with Crippen LogP contribution in [0.1, 0.15) is 43.9 Å². The third-order valence-electron chi connectivity index (χ3n) is 2.75. The number of thiazole rings is 1. The summed E-state index contributed by atoms with van der Waals surface area (Å²) in [4.78, 5) is 5.50. The SMILES string of the molecule is CCCCCCC(Cc1cncs1)NC. The second kappa shape index (κ2) is 7.83. The van der Waals surface area contributed by atoms with E-state index in [0.29, 0.717) is 6.04 Å². The normalized spacial score (nSPS) is 12.9. The number of rotatable bonds is 8. The predicted molar refractivity (Wildman–Crippen MR) is 67.4 cm³/mol. The first-order chi connectivity index (χ1) is 7.36. The van der Waals surface area contributed by atoms with Gasteiger partial charge in [0.2, 0.25) is 0 Å². The third-order valence-corrected chi connectivity index (χ3v) is 3.55. The summed E-state index contributed by atoms with van der Waals surface area (Å²) in [6.07, 6.45) is 9.81. The molecule has 0 saturated heterocycles. The van der Waals surface area contributed by atoms with Gasteiger partial charge in [-0.1, -0.05) is 32.6 Å². The average molecular weight is 226 g/mol. The van der Waals surface area contributed by atoms with Gasteiger partial charge in [-0.3, -0.25) is 4.98 Å². The molecule has 0 bridgehead atoms. The smallest absolute Gasteiger partial charge is 0.0794 e. The molecule has 1 N–H and O–H groups in total. The molecule has 0 spiro atoms. The first kappa shape index (κ1) is 12.7. The number of aromatic nitrogens is 1. The molecule has 0 fully saturated rings. The first-order valence-electron chi connectivity index (χ1n) is 5.91. The molecule has 1 atom stereocenters. The lowest BCUT2D eigenvalue weighted by Gasteiger charge is -2.14. The van der Waals surface area contributed by atoms with Crippen molar-refractivity contribution in [3.8, 4) is 0 Å². The lowest BCUT2D eigenvalue weighted by molar-refractivity contribution is 0.487. The molecule has 15 heavy (non-hydrogen) atoms. The minimum atomic E-state index is 0.627. The molecule has 1 heterocycles. The minimum Gasteiger partial charge on any atom is -0.317 e. The van der Waals surface area contributed by atoms with Crippen molar-refractivity contribution < 1.29 is 0 Å². The topological polar surface area (TPSA) is 24.9 Å². The third kappa shape index (κ3) is 5.28. The van der Waals surface area contributed by atoms with Crippen LogP contribution in [0, 0.1) is 0 Å². The Labute approximate surface area is 97.1 Å². The van der Waals surface area contributed by atoms with E-state index >= 15 is 0 Å². The van der Waals surface area contributed by atoms with Crippen molar-refractivity contribution in [2.75, 3.05) is 7.05 Å². The van der Waals surface area contributed by atoms with Gasteiger partial charge in [0.25, 0.3) is 0 Å². The lowest BCUT2D eigenvalue weighted by Crippen LogP contribution is -2.27. The van der Waals surface area contributed by atoms with Crippen LogP contribution in [0.3, 0.4) is 0 Å². The predicted octanol–water partition coefficient (Wildman–Crippen LogP) is 3.24. The van der Waals surface area contributed by atoms with Crippen LogP contribution in [0.2, 0.25) is 0 Å². The van der Waals surface area contributed by atoms with Crippen LogP contribution < -0.4 is 5.32 Å². The van der Waals surface area contributed by atoms with Gasteiger partial charge in [0.1, 0.15) is 0 Å². The summed E-state index contributed by atoms with van der Waals surface area (Å²) < 4.78 is 0. The number of hydrogen-bond acceptors (Lipinski definition) is 3. The van der Waals surface area contributed by atoms with Gasteiger partial charge in [0.05, 0.1) is 5.51 Å². The van der Waals surface area contributed by atoms with Gasteiger partial charge in [-0.15, -0.1) is 11.3 Å². The molecule has 1 unspecified atom stereocenters. The van der Waals surface area contributed by atoms with Gasteiger partial charge in [-0.25, -0.2) is 0 Å². The highest BCUT2D eigenvalue weighted by atomic mass is 32.1. The van der Waals surface area contributed by atoms with Crippen molar-refractivity contribution in [3.63, 3.8) is 0 Å². The minimum absolute atomic E-state index is 0.627. The zero-order valence-electron chi connectivity index (χ0n) is 9.83. The Kier molecular flexibility index (Phi) is 6.60. The number of nitrogens with one attached hydrogen (secondary N) is 1. The summed E-state index contributed by atoms with van der Waals surface area (Å²) in [6, 6.07) is 0.627. The van der Waals surface area contributed by atoms with Crippen molar-refractivity contribution in [1.29, 1.82) is 0 Å². The second-order valence-electron chi connectivity index (χ2n) is 4.01. The molecule has 2 nitrogen and oxygen atoms in total. The molecule has 1 aromatic rings. The first-order valence-corrected chi connectivity index (χ1v) is 6.79. The van der Waals surface area contributed by atoms with Crippen molar-refractivity contribution in [2.45, 2.75) is 51.5 Å². The zero-order valence-corrected chi connectivity index (χ0v) is 10.6. The van der Waals surface area contributed by atoms with Crippen LogP contribution >= 0.6 is 11.3 Å². The largest absolute Gasteiger partial charge is 0.317 e. The summed E-state index contributed by atoms with van der Waals surface area (Å²) in [5.41, 5.74) is 1.92. The molecular formula is C12H22N2S. The molecule has 1 aromatic heterocycles. The lowest BCUT2D eigenvalue weighted by atomic mass is 10.0. The van der Waals surface area contributed by atoms with E-state index in [-0.39, 0.29) is 0 Å². The van der Waals surface area contributed by atoms with Crippen LogP contribution in [0.15, 0.2) is 11.7 Å². The Balaban J connectivity index is 2.18. The van der Waals surface area contributed by atoms with E-state index in [0.717, 1.165) is 6.42 Å². The zero-order chi connectivity index (χ0) is 10.9. The number of hydrogen-bond donors (Lipinski definition) is 1. The summed E-state index contributed by atoms with van der Waals surface area (Å²) in [5, 5.41) is 3.40. The Morgan fingerprint density at radius 1 is 1.40 bits per heavy atom. The monoisotopic (exact) mass is 226 g/mol. The fraction of sp³-hybridized carbons (Fsp3) is 0.750. The Hall–Kier alpha value is -0.410.